The Morgan fingerprint density at radius 3 is 1.62 bits per heavy atom. The predicted octanol–water partition coefficient (Wildman–Crippen LogP) is 11.7. The molecular weight excluding hydrogens is 583 g/mol. The van der Waals surface area contributed by atoms with Gasteiger partial charge in [-0.2, -0.15) is 0 Å². The number of nitrogens with zero attached hydrogens (tertiary/aromatic N) is 3. The number of aromatic nitrogens is 3. The third-order valence-corrected chi connectivity index (χ3v) is 9.71. The molecule has 10 aromatic rings. The Bertz CT molecular complexity index is 2750. The third-order valence-electron chi connectivity index (χ3n) is 9.71. The number of hydrogen-bond donors (Lipinski definition) is 0. The van der Waals surface area contributed by atoms with Crippen LogP contribution in [0.25, 0.3) is 88.5 Å². The summed E-state index contributed by atoms with van der Waals surface area (Å²) in [6.07, 6.45) is 0. The largest absolute Gasteiger partial charge is 0.309 e. The van der Waals surface area contributed by atoms with E-state index in [-0.39, 0.29) is 0 Å². The molecule has 0 fully saturated rings. The van der Waals surface area contributed by atoms with Crippen LogP contribution in [0.15, 0.2) is 176 Å². The van der Waals surface area contributed by atoms with Crippen LogP contribution in [-0.4, -0.2) is 14.0 Å². The number of fused-ring (bicyclic) bond motifs is 8. The van der Waals surface area contributed by atoms with Gasteiger partial charge in [-0.15, -0.1) is 0 Å². The lowest BCUT2D eigenvalue weighted by atomic mass is 9.94. The highest BCUT2D eigenvalue weighted by Gasteiger charge is 2.16. The van der Waals surface area contributed by atoms with Gasteiger partial charge in [-0.1, -0.05) is 115 Å². The second-order valence-corrected chi connectivity index (χ2v) is 12.4. The average molecular weight is 612 g/mol. The van der Waals surface area contributed by atoms with Gasteiger partial charge in [-0.05, 0) is 99.4 Å². The lowest BCUT2D eigenvalue weighted by molar-refractivity contribution is 1.18. The highest BCUT2D eigenvalue weighted by atomic mass is 15.0. The quantitative estimate of drug-likeness (QED) is 0.194. The molecule has 0 radical (unpaired) electrons. The Balaban J connectivity index is 1.10. The van der Waals surface area contributed by atoms with Gasteiger partial charge in [0.1, 0.15) is 5.65 Å². The molecule has 0 atom stereocenters. The van der Waals surface area contributed by atoms with Crippen molar-refractivity contribution < 1.29 is 0 Å². The molecule has 3 nitrogen and oxygen atoms in total. The zero-order chi connectivity index (χ0) is 31.6. The standard InChI is InChI=1S/C45H29N3/c1-3-11-31(12-4-1)38-28-40-44(29-39(38)32-13-5-2-6-14-32)48-41-25-21-33(27-34(41)22-26-45(48)46-40)30-19-23-35(24-20-30)47-42-17-9-7-15-36(42)37-16-8-10-18-43(37)47/h1-29H. The summed E-state index contributed by atoms with van der Waals surface area (Å²) < 4.78 is 4.67. The van der Waals surface area contributed by atoms with Gasteiger partial charge in [0.25, 0.3) is 0 Å². The first kappa shape index (κ1) is 26.7. The molecule has 0 N–H and O–H groups in total. The van der Waals surface area contributed by atoms with Crippen molar-refractivity contribution in [1.82, 2.24) is 14.0 Å². The normalized spacial score (nSPS) is 11.8. The van der Waals surface area contributed by atoms with Crippen molar-refractivity contribution >= 4 is 49.4 Å². The van der Waals surface area contributed by atoms with E-state index in [1.807, 2.05) is 0 Å². The maximum Gasteiger partial charge on any atom is 0.138 e. The molecule has 0 aliphatic heterocycles. The second kappa shape index (κ2) is 10.5. The van der Waals surface area contributed by atoms with Crippen LogP contribution in [0.3, 0.4) is 0 Å². The maximum absolute atomic E-state index is 5.10. The molecule has 0 unspecified atom stereocenters. The van der Waals surface area contributed by atoms with E-state index in [1.54, 1.807) is 0 Å². The summed E-state index contributed by atoms with van der Waals surface area (Å²) in [5, 5.41) is 3.73. The minimum Gasteiger partial charge on any atom is -0.309 e. The van der Waals surface area contributed by atoms with Gasteiger partial charge in [-0.3, -0.25) is 4.40 Å². The number of rotatable bonds is 4. The fourth-order valence-electron chi connectivity index (χ4n) is 7.46. The number of hydrogen-bond acceptors (Lipinski definition) is 1. The Morgan fingerprint density at radius 1 is 0.375 bits per heavy atom. The van der Waals surface area contributed by atoms with E-state index < -0.39 is 0 Å². The van der Waals surface area contributed by atoms with Gasteiger partial charge in [0.2, 0.25) is 0 Å². The summed E-state index contributed by atoms with van der Waals surface area (Å²) >= 11 is 0. The van der Waals surface area contributed by atoms with Gasteiger partial charge in [-0.25, -0.2) is 4.98 Å². The number of para-hydroxylation sites is 2. The zero-order valence-corrected chi connectivity index (χ0v) is 26.1. The van der Waals surface area contributed by atoms with Crippen molar-refractivity contribution in [1.29, 1.82) is 0 Å². The Kier molecular flexibility index (Phi) is 5.87. The minimum absolute atomic E-state index is 0.949. The number of pyridine rings is 1. The molecule has 0 bridgehead atoms. The number of benzene rings is 7. The monoisotopic (exact) mass is 611 g/mol. The average Bonchev–Trinajstić information content (AvgIpc) is 3.70. The molecule has 224 valence electrons. The predicted molar refractivity (Wildman–Crippen MR) is 201 cm³/mol. The van der Waals surface area contributed by atoms with Gasteiger partial charge in [0, 0.05) is 16.5 Å². The summed E-state index contributed by atoms with van der Waals surface area (Å²) in [5.41, 5.74) is 15.0. The van der Waals surface area contributed by atoms with Crippen molar-refractivity contribution in [3.05, 3.63) is 176 Å². The van der Waals surface area contributed by atoms with Crippen molar-refractivity contribution in [2.45, 2.75) is 0 Å². The van der Waals surface area contributed by atoms with Crippen molar-refractivity contribution in [3.63, 3.8) is 0 Å². The van der Waals surface area contributed by atoms with Crippen LogP contribution in [0, 0.1) is 0 Å². The summed E-state index contributed by atoms with van der Waals surface area (Å²) in [6, 6.07) is 63.2. The van der Waals surface area contributed by atoms with Crippen LogP contribution in [-0.2, 0) is 0 Å². The van der Waals surface area contributed by atoms with Gasteiger partial charge < -0.3 is 4.57 Å². The second-order valence-electron chi connectivity index (χ2n) is 12.4. The minimum atomic E-state index is 0.949. The molecule has 48 heavy (non-hydrogen) atoms. The summed E-state index contributed by atoms with van der Waals surface area (Å²) in [5.74, 6) is 0. The lowest BCUT2D eigenvalue weighted by Gasteiger charge is -2.12. The van der Waals surface area contributed by atoms with Crippen LogP contribution < -0.4 is 0 Å². The first-order valence-corrected chi connectivity index (χ1v) is 16.4. The third kappa shape index (κ3) is 4.11. The molecule has 10 rings (SSSR count). The van der Waals surface area contributed by atoms with Crippen LogP contribution in [0.4, 0.5) is 0 Å². The molecular formula is C45H29N3. The van der Waals surface area contributed by atoms with E-state index in [0.717, 1.165) is 27.9 Å². The zero-order valence-electron chi connectivity index (χ0n) is 26.1. The maximum atomic E-state index is 5.10. The van der Waals surface area contributed by atoms with Crippen LogP contribution in [0.5, 0.6) is 0 Å². The fourth-order valence-corrected chi connectivity index (χ4v) is 7.46. The molecule has 0 saturated heterocycles. The van der Waals surface area contributed by atoms with Crippen LogP contribution in [0.1, 0.15) is 0 Å². The molecule has 0 aliphatic rings. The molecule has 7 aromatic carbocycles. The van der Waals surface area contributed by atoms with Crippen molar-refractivity contribution in [2.24, 2.45) is 0 Å². The van der Waals surface area contributed by atoms with E-state index in [1.165, 1.54) is 60.6 Å². The first-order chi connectivity index (χ1) is 23.8. The fraction of sp³-hybridized carbons (Fsp3) is 0. The number of imidazole rings is 1. The summed E-state index contributed by atoms with van der Waals surface area (Å²) in [4.78, 5) is 5.10. The van der Waals surface area contributed by atoms with E-state index in [2.05, 4.69) is 185 Å². The van der Waals surface area contributed by atoms with Crippen molar-refractivity contribution in [2.75, 3.05) is 0 Å². The Hall–Kier alpha value is -6.45. The van der Waals surface area contributed by atoms with E-state index in [9.17, 15) is 0 Å². The molecule has 0 spiro atoms. The highest BCUT2D eigenvalue weighted by molar-refractivity contribution is 6.09. The highest BCUT2D eigenvalue weighted by Crippen LogP contribution is 2.38. The molecule has 3 aromatic heterocycles. The first-order valence-electron chi connectivity index (χ1n) is 16.4. The van der Waals surface area contributed by atoms with Gasteiger partial charge in [0.15, 0.2) is 0 Å². The van der Waals surface area contributed by atoms with Crippen LogP contribution in [0.2, 0.25) is 0 Å². The van der Waals surface area contributed by atoms with Gasteiger partial charge in [0.05, 0.1) is 27.6 Å². The Labute approximate surface area is 277 Å². The smallest absolute Gasteiger partial charge is 0.138 e. The molecule has 3 heteroatoms. The lowest BCUT2D eigenvalue weighted by Crippen LogP contribution is -1.93. The Morgan fingerprint density at radius 2 is 0.958 bits per heavy atom. The summed E-state index contributed by atoms with van der Waals surface area (Å²) in [7, 11) is 0. The van der Waals surface area contributed by atoms with E-state index in [4.69, 9.17) is 4.98 Å². The topological polar surface area (TPSA) is 22.2 Å². The van der Waals surface area contributed by atoms with Gasteiger partial charge >= 0.3 is 0 Å². The van der Waals surface area contributed by atoms with E-state index in [0.29, 0.717) is 0 Å². The molecule has 0 saturated carbocycles. The molecule has 3 heterocycles. The SMILES string of the molecule is c1ccc(-c2cc3nc4ccc5cc(-c6ccc(-n7c8ccccc8c8ccccc87)cc6)ccc5n4c3cc2-c2ccccc2)cc1. The van der Waals surface area contributed by atoms with E-state index >= 15 is 0 Å². The molecule has 0 amide bonds. The van der Waals surface area contributed by atoms with Crippen molar-refractivity contribution in [3.8, 4) is 39.1 Å². The summed E-state index contributed by atoms with van der Waals surface area (Å²) in [6.45, 7) is 0. The van der Waals surface area contributed by atoms with Crippen LogP contribution >= 0.6 is 0 Å². The molecule has 0 aliphatic carbocycles.